The predicted octanol–water partition coefficient (Wildman–Crippen LogP) is 2.28. The van der Waals surface area contributed by atoms with Crippen molar-refractivity contribution in [3.05, 3.63) is 17.8 Å². The summed E-state index contributed by atoms with van der Waals surface area (Å²) in [4.78, 5) is 4.30. The number of rotatable bonds is 2. The van der Waals surface area contributed by atoms with Crippen molar-refractivity contribution in [1.29, 1.82) is 0 Å². The van der Waals surface area contributed by atoms with Crippen LogP contribution >= 0.6 is 0 Å². The molecule has 1 unspecified atom stereocenters. The molecule has 0 saturated heterocycles. The molecule has 13 heavy (non-hydrogen) atoms. The summed E-state index contributed by atoms with van der Waals surface area (Å²) in [5, 5.41) is 0. The molecule has 0 aliphatic heterocycles. The number of aromatic nitrogens is 1. The predicted molar refractivity (Wildman–Crippen MR) is 52.3 cm³/mol. The molecule has 3 nitrogen and oxygen atoms in total. The van der Waals surface area contributed by atoms with E-state index in [9.17, 15) is 0 Å². The van der Waals surface area contributed by atoms with Gasteiger partial charge in [0.25, 0.3) is 0 Å². The maximum Gasteiger partial charge on any atom is 0.194 e. The van der Waals surface area contributed by atoms with Gasteiger partial charge in [0.2, 0.25) is 0 Å². The average Bonchev–Trinajstić information content (AvgIpc) is 2.31. The Hall–Kier alpha value is -0.830. The van der Waals surface area contributed by atoms with Crippen LogP contribution in [0.1, 0.15) is 45.3 Å². The van der Waals surface area contributed by atoms with Crippen LogP contribution in [0.15, 0.2) is 10.7 Å². The molecule has 2 N–H and O–H groups in total. The van der Waals surface area contributed by atoms with Gasteiger partial charge in [0.1, 0.15) is 6.26 Å². The fourth-order valence-corrected chi connectivity index (χ4v) is 1.07. The highest BCUT2D eigenvalue weighted by atomic mass is 16.3. The van der Waals surface area contributed by atoms with Crippen LogP contribution in [0, 0.1) is 5.41 Å². The van der Waals surface area contributed by atoms with Crippen LogP contribution < -0.4 is 5.73 Å². The lowest BCUT2D eigenvalue weighted by atomic mass is 9.92. The van der Waals surface area contributed by atoms with E-state index in [4.69, 9.17) is 10.2 Å². The number of oxazole rings is 1. The topological polar surface area (TPSA) is 52.0 Å². The number of hydrogen-bond donors (Lipinski definition) is 1. The Morgan fingerprint density at radius 2 is 2.15 bits per heavy atom. The van der Waals surface area contributed by atoms with Gasteiger partial charge in [0.05, 0.1) is 5.69 Å². The lowest BCUT2D eigenvalue weighted by molar-refractivity contribution is 0.354. The van der Waals surface area contributed by atoms with E-state index < -0.39 is 0 Å². The van der Waals surface area contributed by atoms with Gasteiger partial charge in [-0.2, -0.15) is 0 Å². The molecule has 0 aromatic carbocycles. The largest absolute Gasteiger partial charge is 0.449 e. The quantitative estimate of drug-likeness (QED) is 0.763. The Bertz CT molecular complexity index is 271. The number of nitrogens with zero attached hydrogens (tertiary/aromatic N) is 1. The van der Waals surface area contributed by atoms with Crippen LogP contribution in [0.25, 0.3) is 0 Å². The highest BCUT2D eigenvalue weighted by molar-refractivity contribution is 5.01. The molecule has 0 radical (unpaired) electrons. The fourth-order valence-electron chi connectivity index (χ4n) is 1.07. The van der Waals surface area contributed by atoms with Crippen LogP contribution in [0.4, 0.5) is 0 Å². The van der Waals surface area contributed by atoms with E-state index in [-0.39, 0.29) is 11.5 Å². The molecule has 3 heteroatoms. The maximum atomic E-state index is 5.67. The monoisotopic (exact) mass is 182 g/mol. The molecule has 74 valence electrons. The van der Waals surface area contributed by atoms with Gasteiger partial charge in [-0.3, -0.25) is 0 Å². The van der Waals surface area contributed by atoms with E-state index in [0.717, 1.165) is 18.0 Å². The summed E-state index contributed by atoms with van der Waals surface area (Å²) in [6, 6.07) is -0.0440. The normalized spacial score (nSPS) is 14.5. The van der Waals surface area contributed by atoms with Gasteiger partial charge < -0.3 is 10.2 Å². The van der Waals surface area contributed by atoms with Crippen LogP contribution in [0.2, 0.25) is 0 Å². The van der Waals surface area contributed by atoms with Crippen molar-refractivity contribution in [1.82, 2.24) is 4.98 Å². The molecule has 1 aromatic heterocycles. The molecule has 0 aliphatic rings. The van der Waals surface area contributed by atoms with E-state index in [1.54, 1.807) is 6.26 Å². The molecular weight excluding hydrogens is 164 g/mol. The first-order valence-corrected chi connectivity index (χ1v) is 4.58. The van der Waals surface area contributed by atoms with Crippen molar-refractivity contribution in [2.75, 3.05) is 0 Å². The molecule has 0 fully saturated rings. The Morgan fingerprint density at radius 3 is 2.54 bits per heavy atom. The summed E-state index contributed by atoms with van der Waals surface area (Å²) in [7, 11) is 0. The summed E-state index contributed by atoms with van der Waals surface area (Å²) in [5.74, 6) is 0.778. The van der Waals surface area contributed by atoms with Gasteiger partial charge in [-0.05, 0) is 12.3 Å². The lowest BCUT2D eigenvalue weighted by Crippen LogP contribution is -2.10. The van der Waals surface area contributed by atoms with Gasteiger partial charge in [-0.25, -0.2) is 4.98 Å². The van der Waals surface area contributed by atoms with Crippen molar-refractivity contribution in [2.24, 2.45) is 11.1 Å². The summed E-state index contributed by atoms with van der Waals surface area (Å²) in [6.07, 6.45) is 2.49. The van der Waals surface area contributed by atoms with Crippen molar-refractivity contribution in [3.8, 4) is 0 Å². The molecule has 0 aliphatic carbocycles. The Kier molecular flexibility index (Phi) is 2.76. The van der Waals surface area contributed by atoms with Crippen molar-refractivity contribution in [3.63, 3.8) is 0 Å². The van der Waals surface area contributed by atoms with Gasteiger partial charge >= 0.3 is 0 Å². The zero-order chi connectivity index (χ0) is 10.1. The summed E-state index contributed by atoms with van der Waals surface area (Å²) in [6.45, 7) is 8.37. The first kappa shape index (κ1) is 10.3. The van der Waals surface area contributed by atoms with Crippen LogP contribution in [0.3, 0.4) is 0 Å². The number of hydrogen-bond acceptors (Lipinski definition) is 3. The van der Waals surface area contributed by atoms with E-state index >= 15 is 0 Å². The third kappa shape index (κ3) is 3.19. The van der Waals surface area contributed by atoms with Gasteiger partial charge in [-0.1, -0.05) is 20.8 Å². The Labute approximate surface area is 79.3 Å². The summed E-state index contributed by atoms with van der Waals surface area (Å²) in [5.41, 5.74) is 6.71. The minimum Gasteiger partial charge on any atom is -0.449 e. The molecule has 0 amide bonds. The molecule has 1 rings (SSSR count). The van der Waals surface area contributed by atoms with Gasteiger partial charge in [0, 0.05) is 12.5 Å². The standard InChI is InChI=1S/C10H18N2O/c1-7(11)8-6-13-9(12-8)5-10(2,3)4/h6-7H,5,11H2,1-4H3. The van der Waals surface area contributed by atoms with Gasteiger partial charge in [0.15, 0.2) is 5.89 Å². The third-order valence-corrected chi connectivity index (χ3v) is 1.72. The maximum absolute atomic E-state index is 5.67. The Morgan fingerprint density at radius 1 is 1.54 bits per heavy atom. The van der Waals surface area contributed by atoms with E-state index in [1.807, 2.05) is 6.92 Å². The summed E-state index contributed by atoms with van der Waals surface area (Å²) < 4.78 is 5.31. The lowest BCUT2D eigenvalue weighted by Gasteiger charge is -2.14. The van der Waals surface area contributed by atoms with Crippen molar-refractivity contribution in [2.45, 2.75) is 40.2 Å². The molecule has 0 saturated carbocycles. The zero-order valence-corrected chi connectivity index (χ0v) is 8.79. The first-order valence-electron chi connectivity index (χ1n) is 4.58. The first-order chi connectivity index (χ1) is 5.88. The summed E-state index contributed by atoms with van der Waals surface area (Å²) >= 11 is 0. The molecule has 0 spiro atoms. The Balaban J connectivity index is 2.70. The highest BCUT2D eigenvalue weighted by Gasteiger charge is 2.16. The van der Waals surface area contributed by atoms with Crippen LogP contribution in [0.5, 0.6) is 0 Å². The second-order valence-electron chi connectivity index (χ2n) is 4.69. The molecule has 1 aromatic rings. The minimum absolute atomic E-state index is 0.0440. The molecule has 0 bridgehead atoms. The average molecular weight is 182 g/mol. The van der Waals surface area contributed by atoms with E-state index in [0.29, 0.717) is 0 Å². The van der Waals surface area contributed by atoms with Crippen molar-refractivity contribution < 1.29 is 4.42 Å². The molecular formula is C10H18N2O. The van der Waals surface area contributed by atoms with Crippen LogP contribution in [-0.4, -0.2) is 4.98 Å². The zero-order valence-electron chi connectivity index (χ0n) is 8.79. The number of nitrogens with two attached hydrogens (primary N) is 1. The second-order valence-corrected chi connectivity index (χ2v) is 4.69. The SMILES string of the molecule is CC(N)c1coc(CC(C)(C)C)n1. The van der Waals surface area contributed by atoms with Crippen molar-refractivity contribution >= 4 is 0 Å². The molecule has 1 atom stereocenters. The van der Waals surface area contributed by atoms with Crippen LogP contribution in [-0.2, 0) is 6.42 Å². The van der Waals surface area contributed by atoms with E-state index in [2.05, 4.69) is 25.8 Å². The van der Waals surface area contributed by atoms with Gasteiger partial charge in [-0.15, -0.1) is 0 Å². The highest BCUT2D eigenvalue weighted by Crippen LogP contribution is 2.20. The second kappa shape index (κ2) is 3.50. The smallest absolute Gasteiger partial charge is 0.194 e. The molecule has 1 heterocycles. The fraction of sp³-hybridized carbons (Fsp3) is 0.700. The third-order valence-electron chi connectivity index (χ3n) is 1.72. The van der Waals surface area contributed by atoms with E-state index in [1.165, 1.54) is 0 Å². The minimum atomic E-state index is -0.0440.